The predicted molar refractivity (Wildman–Crippen MR) is 156 cm³/mol. The zero-order chi connectivity index (χ0) is 27.6. The molecule has 0 saturated heterocycles. The van der Waals surface area contributed by atoms with Crippen molar-refractivity contribution in [2.45, 2.75) is 52.0 Å². The molecule has 0 fully saturated rings. The van der Waals surface area contributed by atoms with Crippen molar-refractivity contribution in [2.24, 2.45) is 0 Å². The van der Waals surface area contributed by atoms with Crippen LogP contribution < -0.4 is 4.74 Å². The number of carbonyl (C=O) groups is 1. The molecular formula is C33H29ClN4O2. The summed E-state index contributed by atoms with van der Waals surface area (Å²) in [5.41, 5.74) is 6.24. The van der Waals surface area contributed by atoms with Gasteiger partial charge in [-0.3, -0.25) is 0 Å². The standard InChI is InChI=1S/C33H29ClN4O2/c1-2-3-14-30-36-32(34)31(33(39)40-26-16-15-22-9-6-10-23(22)19-26)38(30)21-25-11-7-13-29-27(25)17-18-37(29)28-12-5-4-8-24(28)20-35/h4-5,7-8,11-13,15-19H,2-3,6,9-10,14,21H2,1H3. The summed E-state index contributed by atoms with van der Waals surface area (Å²) >= 11 is 6.62. The molecule has 200 valence electrons. The zero-order valence-electron chi connectivity index (χ0n) is 22.4. The second-order valence-electron chi connectivity index (χ2n) is 10.2. The number of carbonyl (C=O) groups excluding carboxylic acids is 1. The van der Waals surface area contributed by atoms with E-state index in [1.54, 1.807) is 0 Å². The molecule has 7 heteroatoms. The number of fused-ring (bicyclic) bond motifs is 2. The van der Waals surface area contributed by atoms with Gasteiger partial charge in [0.15, 0.2) is 10.8 Å². The molecule has 3 aromatic carbocycles. The normalized spacial score (nSPS) is 12.4. The lowest BCUT2D eigenvalue weighted by molar-refractivity contribution is 0.0723. The second kappa shape index (κ2) is 11.0. The molecule has 5 aromatic rings. The fourth-order valence-electron chi connectivity index (χ4n) is 5.65. The molecule has 0 saturated carbocycles. The van der Waals surface area contributed by atoms with Gasteiger partial charge in [-0.2, -0.15) is 5.26 Å². The predicted octanol–water partition coefficient (Wildman–Crippen LogP) is 7.45. The minimum atomic E-state index is -0.508. The Bertz CT molecular complexity index is 1780. The quantitative estimate of drug-likeness (QED) is 0.149. The molecule has 1 aliphatic carbocycles. The van der Waals surface area contributed by atoms with Crippen LogP contribution in [0.25, 0.3) is 16.6 Å². The molecular weight excluding hydrogens is 520 g/mol. The third-order valence-electron chi connectivity index (χ3n) is 7.67. The number of hydrogen-bond donors (Lipinski definition) is 0. The number of benzene rings is 3. The Labute approximate surface area is 238 Å². The second-order valence-corrected chi connectivity index (χ2v) is 10.6. The Morgan fingerprint density at radius 1 is 1.07 bits per heavy atom. The van der Waals surface area contributed by atoms with Crippen LogP contribution >= 0.6 is 11.6 Å². The first-order valence-corrected chi connectivity index (χ1v) is 14.1. The van der Waals surface area contributed by atoms with Crippen molar-refractivity contribution in [1.29, 1.82) is 5.26 Å². The highest BCUT2D eigenvalue weighted by Gasteiger charge is 2.25. The molecule has 6 rings (SSSR count). The van der Waals surface area contributed by atoms with Crippen molar-refractivity contribution >= 4 is 28.5 Å². The van der Waals surface area contributed by atoms with Gasteiger partial charge in [-0.1, -0.05) is 55.3 Å². The minimum absolute atomic E-state index is 0.157. The first kappa shape index (κ1) is 25.9. The van der Waals surface area contributed by atoms with Gasteiger partial charge in [0, 0.05) is 18.0 Å². The SMILES string of the molecule is CCCCc1nc(Cl)c(C(=O)Oc2ccc3c(c2)CCC3)n1Cc1cccc2c1ccn2-c1ccccc1C#N. The Hall–Kier alpha value is -4.34. The van der Waals surface area contributed by atoms with E-state index in [4.69, 9.17) is 16.3 Å². The van der Waals surface area contributed by atoms with Crippen LogP contribution in [0.2, 0.25) is 5.15 Å². The van der Waals surface area contributed by atoms with E-state index >= 15 is 0 Å². The van der Waals surface area contributed by atoms with Gasteiger partial charge in [0.25, 0.3) is 0 Å². The number of ether oxygens (including phenoxy) is 1. The molecule has 1 aliphatic rings. The number of rotatable bonds is 8. The zero-order valence-corrected chi connectivity index (χ0v) is 23.1. The van der Waals surface area contributed by atoms with Crippen LogP contribution in [0.1, 0.15) is 64.8 Å². The lowest BCUT2D eigenvalue weighted by Crippen LogP contribution is -2.18. The van der Waals surface area contributed by atoms with E-state index < -0.39 is 5.97 Å². The van der Waals surface area contributed by atoms with Crippen molar-refractivity contribution in [2.75, 3.05) is 0 Å². The summed E-state index contributed by atoms with van der Waals surface area (Å²) in [5, 5.41) is 10.8. The van der Waals surface area contributed by atoms with Gasteiger partial charge < -0.3 is 13.9 Å². The van der Waals surface area contributed by atoms with Gasteiger partial charge in [-0.25, -0.2) is 9.78 Å². The molecule has 0 aliphatic heterocycles. The Balaban J connectivity index is 1.38. The lowest BCUT2D eigenvalue weighted by atomic mass is 10.1. The molecule has 2 aromatic heterocycles. The van der Waals surface area contributed by atoms with Gasteiger partial charge in [0.05, 0.1) is 23.3 Å². The lowest BCUT2D eigenvalue weighted by Gasteiger charge is -2.14. The molecule has 2 heterocycles. The van der Waals surface area contributed by atoms with E-state index in [0.29, 0.717) is 24.3 Å². The number of para-hydroxylation sites is 1. The van der Waals surface area contributed by atoms with E-state index in [1.165, 1.54) is 11.1 Å². The topological polar surface area (TPSA) is 72.8 Å². The van der Waals surface area contributed by atoms with Gasteiger partial charge in [-0.05, 0) is 78.8 Å². The van der Waals surface area contributed by atoms with Crippen molar-refractivity contribution < 1.29 is 9.53 Å². The summed E-state index contributed by atoms with van der Waals surface area (Å²) in [6.07, 6.45) is 7.80. The fraction of sp³-hybridized carbons (Fsp3) is 0.242. The van der Waals surface area contributed by atoms with E-state index in [-0.39, 0.29) is 10.8 Å². The van der Waals surface area contributed by atoms with Gasteiger partial charge in [0.2, 0.25) is 0 Å². The summed E-state index contributed by atoms with van der Waals surface area (Å²) in [5.74, 6) is 0.782. The van der Waals surface area contributed by atoms with Gasteiger partial charge in [0.1, 0.15) is 17.6 Å². The monoisotopic (exact) mass is 548 g/mol. The van der Waals surface area contributed by atoms with E-state index in [1.807, 2.05) is 76.0 Å². The maximum atomic E-state index is 13.6. The van der Waals surface area contributed by atoms with Crippen LogP contribution in [0.3, 0.4) is 0 Å². The average molecular weight is 549 g/mol. The highest BCUT2D eigenvalue weighted by Crippen LogP contribution is 2.30. The summed E-state index contributed by atoms with van der Waals surface area (Å²) in [6.45, 7) is 2.54. The number of imidazole rings is 1. The largest absolute Gasteiger partial charge is 0.422 e. The summed E-state index contributed by atoms with van der Waals surface area (Å²) in [4.78, 5) is 18.2. The molecule has 0 spiro atoms. The number of nitrogens with zero attached hydrogens (tertiary/aromatic N) is 4. The van der Waals surface area contributed by atoms with Crippen LogP contribution in [0, 0.1) is 11.3 Å². The summed E-state index contributed by atoms with van der Waals surface area (Å²) < 4.78 is 9.79. The Morgan fingerprint density at radius 2 is 1.93 bits per heavy atom. The molecule has 0 unspecified atom stereocenters. The van der Waals surface area contributed by atoms with E-state index in [9.17, 15) is 10.1 Å². The number of unbranched alkanes of at least 4 members (excludes halogenated alkanes) is 1. The minimum Gasteiger partial charge on any atom is -0.422 e. The number of nitriles is 1. The van der Waals surface area contributed by atoms with Crippen LogP contribution in [-0.4, -0.2) is 20.1 Å². The maximum absolute atomic E-state index is 13.6. The molecule has 0 bridgehead atoms. The smallest absolute Gasteiger partial charge is 0.363 e. The van der Waals surface area contributed by atoms with Crippen molar-refractivity contribution in [3.05, 3.63) is 112 Å². The Morgan fingerprint density at radius 3 is 2.77 bits per heavy atom. The van der Waals surface area contributed by atoms with Crippen LogP contribution in [0.4, 0.5) is 0 Å². The molecule has 0 amide bonds. The maximum Gasteiger partial charge on any atom is 0.363 e. The van der Waals surface area contributed by atoms with Crippen molar-refractivity contribution in [3.8, 4) is 17.5 Å². The highest BCUT2D eigenvalue weighted by molar-refractivity contribution is 6.32. The number of aryl methyl sites for hydroxylation is 3. The van der Waals surface area contributed by atoms with Gasteiger partial charge in [-0.15, -0.1) is 0 Å². The van der Waals surface area contributed by atoms with Crippen molar-refractivity contribution in [3.63, 3.8) is 0 Å². The third kappa shape index (κ3) is 4.78. The fourth-order valence-corrected chi connectivity index (χ4v) is 5.93. The molecule has 0 atom stereocenters. The van der Waals surface area contributed by atoms with E-state index in [0.717, 1.165) is 60.1 Å². The number of esters is 1. The summed E-state index contributed by atoms with van der Waals surface area (Å²) in [6, 6.07) is 23.8. The number of halogens is 1. The average Bonchev–Trinajstić information content (AvgIpc) is 3.69. The third-order valence-corrected chi connectivity index (χ3v) is 7.93. The van der Waals surface area contributed by atoms with Crippen LogP contribution in [0.15, 0.2) is 72.9 Å². The number of aromatic nitrogens is 3. The van der Waals surface area contributed by atoms with Crippen LogP contribution in [0.5, 0.6) is 5.75 Å². The Kier molecular flexibility index (Phi) is 7.15. The van der Waals surface area contributed by atoms with Gasteiger partial charge >= 0.3 is 5.97 Å². The first-order valence-electron chi connectivity index (χ1n) is 13.7. The summed E-state index contributed by atoms with van der Waals surface area (Å²) in [7, 11) is 0. The molecule has 40 heavy (non-hydrogen) atoms. The van der Waals surface area contributed by atoms with E-state index in [2.05, 4.69) is 24.0 Å². The molecule has 0 radical (unpaired) electrons. The highest BCUT2D eigenvalue weighted by atomic mass is 35.5. The van der Waals surface area contributed by atoms with Crippen molar-refractivity contribution in [1.82, 2.24) is 14.1 Å². The molecule has 6 nitrogen and oxygen atoms in total. The number of hydrogen-bond acceptors (Lipinski definition) is 4. The molecule has 0 N–H and O–H groups in total. The first-order chi connectivity index (χ1) is 19.6. The van der Waals surface area contributed by atoms with Crippen LogP contribution in [-0.2, 0) is 25.8 Å².